The van der Waals surface area contributed by atoms with E-state index in [1.807, 2.05) is 0 Å². The zero-order valence-electron chi connectivity index (χ0n) is 13.9. The molecule has 0 spiro atoms. The number of amides is 1. The first-order valence-electron chi connectivity index (χ1n) is 8.24. The molecule has 0 unspecified atom stereocenters. The standard InChI is InChI=1S/C16H34N2O2.ClH/c1-3-4-5-6-7-8-9-10-11-12-13-18-16(19)15(17)14-20-2;/h15H,3-14,17H2,1-2H3,(H,18,19);1H/t15-;/m0./s1. The molecule has 0 saturated carbocycles. The third-order valence-corrected chi connectivity index (χ3v) is 3.51. The summed E-state index contributed by atoms with van der Waals surface area (Å²) in [5, 5.41) is 2.85. The first-order chi connectivity index (χ1) is 9.72. The maximum Gasteiger partial charge on any atom is 0.239 e. The molecule has 0 radical (unpaired) electrons. The van der Waals surface area contributed by atoms with E-state index in [-0.39, 0.29) is 24.9 Å². The number of rotatable bonds is 14. The van der Waals surface area contributed by atoms with Gasteiger partial charge in [-0.15, -0.1) is 12.4 Å². The molecule has 0 heterocycles. The summed E-state index contributed by atoms with van der Waals surface area (Å²) in [7, 11) is 1.55. The Hall–Kier alpha value is -0.320. The van der Waals surface area contributed by atoms with Crippen LogP contribution >= 0.6 is 12.4 Å². The van der Waals surface area contributed by atoms with Gasteiger partial charge < -0.3 is 15.8 Å². The molecule has 0 bridgehead atoms. The molecular weight excluding hydrogens is 288 g/mol. The first kappa shape index (κ1) is 23.0. The van der Waals surface area contributed by atoms with Crippen molar-refractivity contribution in [3.8, 4) is 0 Å². The van der Waals surface area contributed by atoms with Crippen molar-refractivity contribution in [3.05, 3.63) is 0 Å². The quantitative estimate of drug-likeness (QED) is 0.482. The number of carbonyl (C=O) groups is 1. The molecule has 0 aromatic rings. The van der Waals surface area contributed by atoms with Gasteiger partial charge in [-0.25, -0.2) is 0 Å². The van der Waals surface area contributed by atoms with Gasteiger partial charge in [-0.2, -0.15) is 0 Å². The van der Waals surface area contributed by atoms with E-state index in [4.69, 9.17) is 10.5 Å². The number of nitrogens with one attached hydrogen (secondary N) is 1. The number of halogens is 1. The number of methoxy groups -OCH3 is 1. The zero-order chi connectivity index (χ0) is 15.1. The van der Waals surface area contributed by atoms with Crippen LogP contribution in [-0.4, -0.2) is 32.2 Å². The molecule has 0 aliphatic carbocycles. The Morgan fingerprint density at radius 2 is 1.48 bits per heavy atom. The Morgan fingerprint density at radius 3 is 1.95 bits per heavy atom. The second-order valence-corrected chi connectivity index (χ2v) is 5.53. The molecule has 1 atom stereocenters. The van der Waals surface area contributed by atoms with Crippen molar-refractivity contribution in [3.63, 3.8) is 0 Å². The van der Waals surface area contributed by atoms with E-state index in [9.17, 15) is 4.79 Å². The van der Waals surface area contributed by atoms with Crippen LogP contribution in [0.1, 0.15) is 71.1 Å². The van der Waals surface area contributed by atoms with Gasteiger partial charge in [0.25, 0.3) is 0 Å². The predicted octanol–water partition coefficient (Wildman–Crippen LogP) is 3.42. The van der Waals surface area contributed by atoms with Crippen molar-refractivity contribution in [2.75, 3.05) is 20.3 Å². The summed E-state index contributed by atoms with van der Waals surface area (Å²) in [5.41, 5.74) is 5.62. The summed E-state index contributed by atoms with van der Waals surface area (Å²) in [6, 6.07) is -0.539. The van der Waals surface area contributed by atoms with E-state index >= 15 is 0 Å². The van der Waals surface area contributed by atoms with Gasteiger partial charge in [-0.3, -0.25) is 4.79 Å². The number of hydrogen-bond acceptors (Lipinski definition) is 3. The second-order valence-electron chi connectivity index (χ2n) is 5.53. The maximum absolute atomic E-state index is 11.5. The Morgan fingerprint density at radius 1 is 1.00 bits per heavy atom. The fourth-order valence-electron chi connectivity index (χ4n) is 2.21. The van der Waals surface area contributed by atoms with Gasteiger partial charge in [-0.1, -0.05) is 64.7 Å². The van der Waals surface area contributed by atoms with Crippen LogP contribution in [0.5, 0.6) is 0 Å². The van der Waals surface area contributed by atoms with Crippen molar-refractivity contribution in [1.82, 2.24) is 5.32 Å². The lowest BCUT2D eigenvalue weighted by Crippen LogP contribution is -2.43. The number of unbranched alkanes of at least 4 members (excludes halogenated alkanes) is 9. The summed E-state index contributed by atoms with van der Waals surface area (Å²) in [4.78, 5) is 11.5. The van der Waals surface area contributed by atoms with Crippen LogP contribution in [0.25, 0.3) is 0 Å². The first-order valence-corrected chi connectivity index (χ1v) is 8.24. The molecule has 5 heteroatoms. The van der Waals surface area contributed by atoms with Crippen LogP contribution in [0.2, 0.25) is 0 Å². The van der Waals surface area contributed by atoms with Gasteiger partial charge in [-0.05, 0) is 6.42 Å². The molecule has 21 heavy (non-hydrogen) atoms. The Bertz CT molecular complexity index is 228. The van der Waals surface area contributed by atoms with Crippen molar-refractivity contribution in [2.24, 2.45) is 5.73 Å². The summed E-state index contributed by atoms with van der Waals surface area (Å²) in [6.07, 6.45) is 13.0. The third kappa shape index (κ3) is 15.9. The lowest BCUT2D eigenvalue weighted by Gasteiger charge is -2.10. The van der Waals surface area contributed by atoms with E-state index in [0.717, 1.165) is 13.0 Å². The van der Waals surface area contributed by atoms with Crippen molar-refractivity contribution in [2.45, 2.75) is 77.2 Å². The van der Waals surface area contributed by atoms with Crippen molar-refractivity contribution >= 4 is 18.3 Å². The lowest BCUT2D eigenvalue weighted by atomic mass is 10.1. The van der Waals surface area contributed by atoms with Gasteiger partial charge in [0.2, 0.25) is 5.91 Å². The van der Waals surface area contributed by atoms with Gasteiger partial charge in [0.05, 0.1) is 6.61 Å². The van der Waals surface area contributed by atoms with Crippen LogP contribution in [0.3, 0.4) is 0 Å². The third-order valence-electron chi connectivity index (χ3n) is 3.51. The highest BCUT2D eigenvalue weighted by Gasteiger charge is 2.11. The van der Waals surface area contributed by atoms with Crippen LogP contribution in [0.4, 0.5) is 0 Å². The molecule has 0 saturated heterocycles. The fourth-order valence-corrected chi connectivity index (χ4v) is 2.21. The highest BCUT2D eigenvalue weighted by molar-refractivity contribution is 5.85. The van der Waals surface area contributed by atoms with E-state index in [1.54, 1.807) is 7.11 Å². The van der Waals surface area contributed by atoms with E-state index in [1.165, 1.54) is 57.8 Å². The molecule has 0 rings (SSSR count). The number of hydrogen-bond donors (Lipinski definition) is 2. The topological polar surface area (TPSA) is 64.4 Å². The maximum atomic E-state index is 11.5. The van der Waals surface area contributed by atoms with E-state index in [2.05, 4.69) is 12.2 Å². The number of nitrogens with two attached hydrogens (primary N) is 1. The largest absolute Gasteiger partial charge is 0.383 e. The summed E-state index contributed by atoms with van der Waals surface area (Å²) < 4.78 is 4.85. The zero-order valence-corrected chi connectivity index (χ0v) is 14.7. The SMILES string of the molecule is CCCCCCCCCCCCNC(=O)[C@@H](N)COC.Cl. The number of ether oxygens (including phenoxy) is 1. The highest BCUT2D eigenvalue weighted by Crippen LogP contribution is 2.10. The molecule has 1 amide bonds. The minimum absolute atomic E-state index is 0. The average molecular weight is 323 g/mol. The van der Waals surface area contributed by atoms with Gasteiger partial charge in [0.1, 0.15) is 6.04 Å². The second kappa shape index (κ2) is 17.7. The average Bonchev–Trinajstić information content (AvgIpc) is 2.44. The molecule has 0 aliphatic rings. The van der Waals surface area contributed by atoms with Crippen LogP contribution in [0.15, 0.2) is 0 Å². The molecule has 128 valence electrons. The summed E-state index contributed by atoms with van der Waals surface area (Å²) >= 11 is 0. The molecule has 4 nitrogen and oxygen atoms in total. The van der Waals surface area contributed by atoms with Crippen molar-refractivity contribution < 1.29 is 9.53 Å². The van der Waals surface area contributed by atoms with Crippen molar-refractivity contribution in [1.29, 1.82) is 0 Å². The molecule has 3 N–H and O–H groups in total. The smallest absolute Gasteiger partial charge is 0.239 e. The Labute approximate surface area is 137 Å². The normalized spacial score (nSPS) is 11.8. The predicted molar refractivity (Wildman–Crippen MR) is 92.0 cm³/mol. The van der Waals surface area contributed by atoms with Crippen LogP contribution < -0.4 is 11.1 Å². The van der Waals surface area contributed by atoms with Gasteiger partial charge >= 0.3 is 0 Å². The molecule has 0 aromatic carbocycles. The molecular formula is C16H35ClN2O2. The summed E-state index contributed by atoms with van der Waals surface area (Å²) in [6.45, 7) is 3.26. The van der Waals surface area contributed by atoms with E-state index < -0.39 is 6.04 Å². The molecule has 0 fully saturated rings. The molecule has 0 aromatic heterocycles. The van der Waals surface area contributed by atoms with E-state index in [0.29, 0.717) is 0 Å². The minimum atomic E-state index is -0.539. The molecule has 0 aliphatic heterocycles. The van der Waals surface area contributed by atoms with Crippen LogP contribution in [-0.2, 0) is 9.53 Å². The minimum Gasteiger partial charge on any atom is -0.383 e. The summed E-state index contributed by atoms with van der Waals surface area (Å²) in [5.74, 6) is -0.109. The fraction of sp³-hybridized carbons (Fsp3) is 0.938. The van der Waals surface area contributed by atoms with Crippen LogP contribution in [0, 0.1) is 0 Å². The Balaban J connectivity index is 0. The van der Waals surface area contributed by atoms with Gasteiger partial charge in [0, 0.05) is 13.7 Å². The monoisotopic (exact) mass is 322 g/mol. The highest BCUT2D eigenvalue weighted by atomic mass is 35.5. The number of carbonyl (C=O) groups excluding carboxylic acids is 1. The Kier molecular flexibility index (Phi) is 19.4. The van der Waals surface area contributed by atoms with Gasteiger partial charge in [0.15, 0.2) is 0 Å². The lowest BCUT2D eigenvalue weighted by molar-refractivity contribution is -0.123.